The van der Waals surface area contributed by atoms with Crippen LogP contribution in [0.25, 0.3) is 10.9 Å². The number of anilines is 3. The first kappa shape index (κ1) is 22.0. The van der Waals surface area contributed by atoms with E-state index in [1.165, 1.54) is 10.2 Å². The Morgan fingerprint density at radius 3 is 2.88 bits per heavy atom. The summed E-state index contributed by atoms with van der Waals surface area (Å²) >= 11 is 0. The summed E-state index contributed by atoms with van der Waals surface area (Å²) in [5, 5.41) is 20.8. The zero-order chi connectivity index (χ0) is 23.7. The molecule has 3 heterocycles. The molecule has 1 fully saturated rings. The van der Waals surface area contributed by atoms with Crippen LogP contribution in [0.3, 0.4) is 0 Å². The highest BCUT2D eigenvalue weighted by atomic mass is 32.2. The van der Waals surface area contributed by atoms with E-state index in [0.717, 1.165) is 19.6 Å². The summed E-state index contributed by atoms with van der Waals surface area (Å²) in [6.07, 6.45) is 3.18. The van der Waals surface area contributed by atoms with Gasteiger partial charge in [0.25, 0.3) is 0 Å². The van der Waals surface area contributed by atoms with Crippen molar-refractivity contribution in [3.63, 3.8) is 0 Å². The van der Waals surface area contributed by atoms with E-state index in [2.05, 4.69) is 33.7 Å². The number of fused-ring (bicyclic) bond motifs is 1. The van der Waals surface area contributed by atoms with Crippen molar-refractivity contribution in [2.24, 2.45) is 0 Å². The monoisotopic (exact) mass is 475 g/mol. The van der Waals surface area contributed by atoms with E-state index in [9.17, 15) is 13.9 Å². The average molecular weight is 476 g/mol. The maximum atomic E-state index is 14.9. The predicted octanol–water partition coefficient (Wildman–Crippen LogP) is 3.55. The summed E-state index contributed by atoms with van der Waals surface area (Å²) in [4.78, 5) is 6.79. The number of aromatic nitrogens is 3. The Morgan fingerprint density at radius 2 is 2.09 bits per heavy atom. The van der Waals surface area contributed by atoms with Crippen molar-refractivity contribution >= 4 is 39.1 Å². The average Bonchev–Trinajstić information content (AvgIpc) is 3.27. The zero-order valence-electron chi connectivity index (χ0n) is 18.4. The summed E-state index contributed by atoms with van der Waals surface area (Å²) < 4.78 is 29.4. The molecule has 2 aromatic heterocycles. The number of hydrogen-bond acceptors (Lipinski definition) is 7. The molecule has 1 saturated heterocycles. The van der Waals surface area contributed by atoms with E-state index in [0.29, 0.717) is 44.6 Å². The molecular formula is C24H22FN7OS. The SMILES string of the molecule is C[C@@H]1CN(c2ccc(Nc3cc4c(cn3)cnn4S(=O)c3ccccc3C#N)cc2F)CCN1. The molecule has 34 heavy (non-hydrogen) atoms. The molecule has 0 bridgehead atoms. The van der Waals surface area contributed by atoms with Crippen LogP contribution in [0.15, 0.2) is 65.8 Å². The van der Waals surface area contributed by atoms with E-state index in [4.69, 9.17) is 0 Å². The van der Waals surface area contributed by atoms with Crippen LogP contribution < -0.4 is 15.5 Å². The fourth-order valence-corrected chi connectivity index (χ4v) is 5.19. The number of hydrogen-bond donors (Lipinski definition) is 2. The first-order chi connectivity index (χ1) is 16.5. The van der Waals surface area contributed by atoms with Crippen molar-refractivity contribution in [3.05, 3.63) is 72.3 Å². The predicted molar refractivity (Wildman–Crippen MR) is 130 cm³/mol. The van der Waals surface area contributed by atoms with Crippen LogP contribution in [0.4, 0.5) is 21.6 Å². The highest BCUT2D eigenvalue weighted by molar-refractivity contribution is 7.83. The van der Waals surface area contributed by atoms with Gasteiger partial charge in [0.2, 0.25) is 0 Å². The third-order valence-electron chi connectivity index (χ3n) is 5.70. The third-order valence-corrected chi connectivity index (χ3v) is 7.04. The van der Waals surface area contributed by atoms with Gasteiger partial charge < -0.3 is 15.5 Å². The number of nitriles is 1. The molecule has 2 N–H and O–H groups in total. The Bertz CT molecular complexity index is 1430. The van der Waals surface area contributed by atoms with E-state index in [1.54, 1.807) is 48.8 Å². The summed E-state index contributed by atoms with van der Waals surface area (Å²) in [6.45, 7) is 4.40. The summed E-state index contributed by atoms with van der Waals surface area (Å²) in [5.74, 6) is 0.155. The van der Waals surface area contributed by atoms with Crippen molar-refractivity contribution in [1.82, 2.24) is 19.5 Å². The molecule has 172 valence electrons. The van der Waals surface area contributed by atoms with Gasteiger partial charge >= 0.3 is 0 Å². The quantitative estimate of drug-likeness (QED) is 0.455. The minimum Gasteiger partial charge on any atom is -0.366 e. The van der Waals surface area contributed by atoms with Gasteiger partial charge in [-0.2, -0.15) is 14.4 Å². The Hall–Kier alpha value is -3.81. The fourth-order valence-electron chi connectivity index (χ4n) is 4.04. The standard InChI is InChI=1S/C24H22FN7OS/c1-16-15-31(9-8-27-16)21-7-6-19(10-20(21)25)30-24-11-22-18(13-28-24)14-29-32(22)34(33)23-5-3-2-4-17(23)12-26/h2-7,10-11,13-14,16,27H,8-9,15H2,1H3,(H,28,30)/t16-,34?/m1/s1. The highest BCUT2D eigenvalue weighted by Crippen LogP contribution is 2.27. The fraction of sp³-hybridized carbons (Fsp3) is 0.208. The van der Waals surface area contributed by atoms with E-state index >= 15 is 0 Å². The molecule has 5 rings (SSSR count). The normalized spacial score (nSPS) is 16.9. The van der Waals surface area contributed by atoms with Crippen LogP contribution in [-0.2, 0) is 11.0 Å². The summed E-state index contributed by atoms with van der Waals surface area (Å²) in [5.41, 5.74) is 2.03. The maximum absolute atomic E-state index is 14.9. The molecule has 2 aromatic carbocycles. The number of benzene rings is 2. The van der Waals surface area contributed by atoms with Gasteiger partial charge in [0.1, 0.15) is 17.7 Å². The molecule has 1 unspecified atom stereocenters. The van der Waals surface area contributed by atoms with Gasteiger partial charge in [0.05, 0.1) is 27.9 Å². The number of piperazine rings is 1. The number of nitrogens with one attached hydrogen (secondary N) is 2. The lowest BCUT2D eigenvalue weighted by Gasteiger charge is -2.33. The van der Waals surface area contributed by atoms with Crippen molar-refractivity contribution in [2.75, 3.05) is 29.9 Å². The minimum atomic E-state index is -1.71. The van der Waals surface area contributed by atoms with Crippen LogP contribution in [0, 0.1) is 17.1 Å². The second-order valence-electron chi connectivity index (χ2n) is 8.10. The summed E-state index contributed by atoms with van der Waals surface area (Å²) in [7, 11) is -1.71. The van der Waals surface area contributed by atoms with Crippen LogP contribution >= 0.6 is 0 Å². The molecule has 0 saturated carbocycles. The van der Waals surface area contributed by atoms with E-state index in [-0.39, 0.29) is 5.82 Å². The van der Waals surface area contributed by atoms with Gasteiger partial charge in [-0.15, -0.1) is 0 Å². The largest absolute Gasteiger partial charge is 0.366 e. The molecule has 0 spiro atoms. The van der Waals surface area contributed by atoms with Gasteiger partial charge in [-0.3, -0.25) is 0 Å². The lowest BCUT2D eigenvalue weighted by molar-refractivity contribution is 0.478. The van der Waals surface area contributed by atoms with Crippen LogP contribution in [0.2, 0.25) is 0 Å². The number of pyridine rings is 1. The molecule has 2 atom stereocenters. The molecule has 10 heteroatoms. The highest BCUT2D eigenvalue weighted by Gasteiger charge is 2.19. The maximum Gasteiger partial charge on any atom is 0.175 e. The van der Waals surface area contributed by atoms with Gasteiger partial charge in [-0.25, -0.2) is 13.6 Å². The Balaban J connectivity index is 1.42. The lowest BCUT2D eigenvalue weighted by atomic mass is 10.2. The van der Waals surface area contributed by atoms with Gasteiger partial charge in [-0.05, 0) is 37.3 Å². The lowest BCUT2D eigenvalue weighted by Crippen LogP contribution is -2.49. The van der Waals surface area contributed by atoms with Crippen LogP contribution in [-0.4, -0.2) is 44.1 Å². The summed E-state index contributed by atoms with van der Waals surface area (Å²) in [6, 6.07) is 15.8. The smallest absolute Gasteiger partial charge is 0.175 e. The molecule has 0 aliphatic carbocycles. The molecule has 8 nitrogen and oxygen atoms in total. The molecular weight excluding hydrogens is 453 g/mol. The van der Waals surface area contributed by atoms with E-state index < -0.39 is 11.0 Å². The zero-order valence-corrected chi connectivity index (χ0v) is 19.2. The number of nitrogens with zero attached hydrogens (tertiary/aromatic N) is 5. The molecule has 0 amide bonds. The van der Waals surface area contributed by atoms with Crippen molar-refractivity contribution in [2.45, 2.75) is 17.9 Å². The van der Waals surface area contributed by atoms with Crippen molar-refractivity contribution in [3.8, 4) is 6.07 Å². The Morgan fingerprint density at radius 1 is 1.24 bits per heavy atom. The molecule has 1 aliphatic rings. The van der Waals surface area contributed by atoms with Gasteiger partial charge in [0, 0.05) is 49.0 Å². The first-order valence-electron chi connectivity index (χ1n) is 10.8. The molecule has 4 aromatic rings. The Kier molecular flexibility index (Phi) is 5.96. The van der Waals surface area contributed by atoms with Crippen LogP contribution in [0.5, 0.6) is 0 Å². The topological polar surface area (TPSA) is 98.9 Å². The Labute approximate surface area is 198 Å². The van der Waals surface area contributed by atoms with Crippen LogP contribution in [0.1, 0.15) is 12.5 Å². The van der Waals surface area contributed by atoms with Gasteiger partial charge in [0.15, 0.2) is 11.0 Å². The molecule has 1 aliphatic heterocycles. The minimum absolute atomic E-state index is 0.303. The third kappa shape index (κ3) is 4.23. The first-order valence-corrected chi connectivity index (χ1v) is 11.9. The van der Waals surface area contributed by atoms with E-state index in [1.807, 2.05) is 11.0 Å². The number of rotatable bonds is 5. The second-order valence-corrected chi connectivity index (χ2v) is 9.38. The second kappa shape index (κ2) is 9.21. The van der Waals surface area contributed by atoms with Gasteiger partial charge in [-0.1, -0.05) is 12.1 Å². The molecule has 0 radical (unpaired) electrons. The number of halogens is 1. The van der Waals surface area contributed by atoms with Crippen molar-refractivity contribution in [1.29, 1.82) is 5.26 Å². The van der Waals surface area contributed by atoms with Crippen molar-refractivity contribution < 1.29 is 8.60 Å².